The van der Waals surface area contributed by atoms with E-state index < -0.39 is 11.9 Å². The van der Waals surface area contributed by atoms with Gasteiger partial charge in [0.05, 0.1) is 0 Å². The van der Waals surface area contributed by atoms with Crippen LogP contribution < -0.4 is 0 Å². The van der Waals surface area contributed by atoms with Crippen molar-refractivity contribution in [3.8, 4) is 0 Å². The van der Waals surface area contributed by atoms with Gasteiger partial charge in [0.1, 0.15) is 0 Å². The molecule has 0 spiro atoms. The van der Waals surface area contributed by atoms with E-state index >= 15 is 0 Å². The topological polar surface area (TPSA) is 38.0 Å². The maximum atomic E-state index is 12.6. The summed E-state index contributed by atoms with van der Waals surface area (Å²) in [5.74, 6) is 0. The first kappa shape index (κ1) is 14.0. The van der Waals surface area contributed by atoms with Gasteiger partial charge in [-0.15, -0.1) is 0 Å². The van der Waals surface area contributed by atoms with Crippen LogP contribution in [0.3, 0.4) is 0 Å². The van der Waals surface area contributed by atoms with Crippen LogP contribution in [0.2, 0.25) is 0 Å². The monoisotopic (exact) mass is 250 g/mol. The molecule has 1 aromatic heterocycles. The summed E-state index contributed by atoms with van der Waals surface area (Å²) < 4.78 is 39.2. The minimum Gasteiger partial charge on any atom is -0.396 e. The Morgan fingerprint density at radius 3 is 2.59 bits per heavy atom. The minimum absolute atomic E-state index is 0.0113. The fourth-order valence-electron chi connectivity index (χ4n) is 1.64. The SMILES string of the molecule is CCCCCn1cc(CCO)c(C(F)(F)F)n1. The molecule has 0 bridgehead atoms. The molecule has 0 aliphatic rings. The zero-order valence-corrected chi connectivity index (χ0v) is 9.80. The zero-order valence-electron chi connectivity index (χ0n) is 9.80. The summed E-state index contributed by atoms with van der Waals surface area (Å²) in [6.07, 6.45) is -0.278. The number of aromatic nitrogens is 2. The van der Waals surface area contributed by atoms with Gasteiger partial charge in [-0.1, -0.05) is 19.8 Å². The lowest BCUT2D eigenvalue weighted by molar-refractivity contribution is -0.142. The van der Waals surface area contributed by atoms with E-state index in [9.17, 15) is 13.2 Å². The lowest BCUT2D eigenvalue weighted by Gasteiger charge is -2.04. The summed E-state index contributed by atoms with van der Waals surface area (Å²) in [7, 11) is 0. The Hall–Kier alpha value is -1.04. The van der Waals surface area contributed by atoms with E-state index in [1.54, 1.807) is 0 Å². The zero-order chi connectivity index (χ0) is 12.9. The minimum atomic E-state index is -4.44. The second kappa shape index (κ2) is 6.05. The Balaban J connectivity index is 2.80. The molecule has 0 unspecified atom stereocenters. The summed E-state index contributed by atoms with van der Waals surface area (Å²) >= 11 is 0. The molecule has 1 heterocycles. The molecule has 0 saturated heterocycles. The Morgan fingerprint density at radius 1 is 1.35 bits per heavy atom. The van der Waals surface area contributed by atoms with Crippen molar-refractivity contribution in [3.63, 3.8) is 0 Å². The predicted molar refractivity (Wildman–Crippen MR) is 57.5 cm³/mol. The molecule has 0 aliphatic carbocycles. The lowest BCUT2D eigenvalue weighted by atomic mass is 10.2. The first-order valence-corrected chi connectivity index (χ1v) is 5.73. The number of aliphatic hydroxyl groups excluding tert-OH is 1. The number of hydrogen-bond acceptors (Lipinski definition) is 2. The second-order valence-corrected chi connectivity index (χ2v) is 3.94. The summed E-state index contributed by atoms with van der Waals surface area (Å²) in [5, 5.41) is 12.3. The molecule has 0 amide bonds. The van der Waals surface area contributed by atoms with Gasteiger partial charge in [-0.05, 0) is 12.8 Å². The number of nitrogens with zero attached hydrogens (tertiary/aromatic N) is 2. The van der Waals surface area contributed by atoms with Crippen molar-refractivity contribution in [2.75, 3.05) is 6.61 Å². The van der Waals surface area contributed by atoms with Crippen LogP contribution in [0.5, 0.6) is 0 Å². The molecule has 0 saturated carbocycles. The number of unbranched alkanes of at least 4 members (excludes halogenated alkanes) is 2. The van der Waals surface area contributed by atoms with Crippen LogP contribution in [0.15, 0.2) is 6.20 Å². The van der Waals surface area contributed by atoms with E-state index in [0.29, 0.717) is 6.54 Å². The van der Waals surface area contributed by atoms with E-state index in [1.165, 1.54) is 10.9 Å². The van der Waals surface area contributed by atoms with E-state index in [2.05, 4.69) is 5.10 Å². The number of aryl methyl sites for hydroxylation is 1. The Bertz CT molecular complexity index is 347. The standard InChI is InChI=1S/C11H17F3N2O/c1-2-3-4-6-16-8-9(5-7-17)10(15-16)11(12,13)14/h8,17H,2-7H2,1H3. The highest BCUT2D eigenvalue weighted by atomic mass is 19.4. The van der Waals surface area contributed by atoms with Gasteiger partial charge < -0.3 is 5.11 Å². The molecule has 0 aromatic carbocycles. The van der Waals surface area contributed by atoms with Crippen LogP contribution in [0, 0.1) is 0 Å². The highest BCUT2D eigenvalue weighted by Gasteiger charge is 2.36. The molecular weight excluding hydrogens is 233 g/mol. The van der Waals surface area contributed by atoms with Gasteiger partial charge in [0.15, 0.2) is 5.69 Å². The van der Waals surface area contributed by atoms with Gasteiger partial charge in [0, 0.05) is 24.9 Å². The Morgan fingerprint density at radius 2 is 2.06 bits per heavy atom. The highest BCUT2D eigenvalue weighted by molar-refractivity contribution is 5.20. The van der Waals surface area contributed by atoms with Crippen molar-refractivity contribution in [2.24, 2.45) is 0 Å². The van der Waals surface area contributed by atoms with Gasteiger partial charge in [0.2, 0.25) is 0 Å². The molecule has 0 aliphatic heterocycles. The second-order valence-electron chi connectivity index (χ2n) is 3.94. The predicted octanol–water partition coefficient (Wildman–Crippen LogP) is 2.63. The van der Waals surface area contributed by atoms with Crippen LogP contribution in [0.25, 0.3) is 0 Å². The summed E-state index contributed by atoms with van der Waals surface area (Å²) in [4.78, 5) is 0. The third-order valence-corrected chi connectivity index (χ3v) is 2.48. The Kier molecular flexibility index (Phi) is 4.99. The number of aliphatic hydroxyl groups is 1. The van der Waals surface area contributed by atoms with Crippen LogP contribution in [-0.4, -0.2) is 21.5 Å². The van der Waals surface area contributed by atoms with Gasteiger partial charge in [-0.3, -0.25) is 4.68 Å². The van der Waals surface area contributed by atoms with Crippen molar-refractivity contribution in [3.05, 3.63) is 17.5 Å². The van der Waals surface area contributed by atoms with E-state index in [0.717, 1.165) is 19.3 Å². The molecule has 6 heteroatoms. The molecule has 0 fully saturated rings. The van der Waals surface area contributed by atoms with E-state index in [-0.39, 0.29) is 18.6 Å². The highest BCUT2D eigenvalue weighted by Crippen LogP contribution is 2.30. The molecule has 0 radical (unpaired) electrons. The van der Waals surface area contributed by atoms with Gasteiger partial charge >= 0.3 is 6.18 Å². The van der Waals surface area contributed by atoms with Crippen molar-refractivity contribution < 1.29 is 18.3 Å². The normalized spacial score (nSPS) is 12.1. The van der Waals surface area contributed by atoms with Crippen LogP contribution in [0.1, 0.15) is 37.4 Å². The van der Waals surface area contributed by atoms with Crippen LogP contribution in [0.4, 0.5) is 13.2 Å². The molecular formula is C11H17F3N2O. The van der Waals surface area contributed by atoms with Crippen molar-refractivity contribution in [1.82, 2.24) is 9.78 Å². The fourth-order valence-corrected chi connectivity index (χ4v) is 1.64. The van der Waals surface area contributed by atoms with E-state index in [4.69, 9.17) is 5.11 Å². The van der Waals surface area contributed by atoms with Crippen molar-refractivity contribution >= 4 is 0 Å². The van der Waals surface area contributed by atoms with Gasteiger partial charge in [-0.2, -0.15) is 18.3 Å². The summed E-state index contributed by atoms with van der Waals surface area (Å²) in [5.41, 5.74) is -0.806. The smallest absolute Gasteiger partial charge is 0.396 e. The number of halogens is 3. The third kappa shape index (κ3) is 4.03. The van der Waals surface area contributed by atoms with Crippen molar-refractivity contribution in [2.45, 2.75) is 45.3 Å². The summed E-state index contributed by atoms with van der Waals surface area (Å²) in [6.45, 7) is 2.22. The molecule has 1 rings (SSSR count). The molecule has 1 N–H and O–H groups in total. The Labute approximate surface area is 98.2 Å². The largest absolute Gasteiger partial charge is 0.435 e. The molecule has 1 aromatic rings. The first-order valence-electron chi connectivity index (χ1n) is 5.73. The van der Waals surface area contributed by atoms with E-state index in [1.807, 2.05) is 6.92 Å². The molecule has 0 atom stereocenters. The van der Waals surface area contributed by atoms with Gasteiger partial charge in [0.25, 0.3) is 0 Å². The number of alkyl halides is 3. The van der Waals surface area contributed by atoms with Gasteiger partial charge in [-0.25, -0.2) is 0 Å². The molecule has 17 heavy (non-hydrogen) atoms. The lowest BCUT2D eigenvalue weighted by Crippen LogP contribution is -2.10. The van der Waals surface area contributed by atoms with Crippen LogP contribution in [-0.2, 0) is 19.1 Å². The maximum Gasteiger partial charge on any atom is 0.435 e. The van der Waals surface area contributed by atoms with Crippen LogP contribution >= 0.6 is 0 Å². The maximum absolute atomic E-state index is 12.6. The quantitative estimate of drug-likeness (QED) is 0.788. The average Bonchev–Trinajstić information content (AvgIpc) is 2.62. The third-order valence-electron chi connectivity index (χ3n) is 2.48. The average molecular weight is 250 g/mol. The number of rotatable bonds is 6. The summed E-state index contributed by atoms with van der Waals surface area (Å²) in [6, 6.07) is 0. The molecule has 98 valence electrons. The fraction of sp³-hybridized carbons (Fsp3) is 0.727. The first-order chi connectivity index (χ1) is 7.99. The number of hydrogen-bond donors (Lipinski definition) is 1. The van der Waals surface area contributed by atoms with Crippen molar-refractivity contribution in [1.29, 1.82) is 0 Å². The molecule has 3 nitrogen and oxygen atoms in total.